The lowest BCUT2D eigenvalue weighted by atomic mass is 10.0. The summed E-state index contributed by atoms with van der Waals surface area (Å²) in [5.41, 5.74) is 13.7. The van der Waals surface area contributed by atoms with Gasteiger partial charge in [0, 0.05) is 42.5 Å². The van der Waals surface area contributed by atoms with E-state index in [1.165, 1.54) is 0 Å². The molecule has 0 saturated heterocycles. The van der Waals surface area contributed by atoms with E-state index in [-0.39, 0.29) is 5.91 Å². The fraction of sp³-hybridized carbons (Fsp3) is 0.158. The number of nitrogens with zero attached hydrogens (tertiary/aromatic N) is 3. The van der Waals surface area contributed by atoms with Gasteiger partial charge in [-0.15, -0.1) is 0 Å². The molecular weight excluding hydrogens is 392 g/mol. The molecule has 3 heterocycles. The van der Waals surface area contributed by atoms with E-state index < -0.39 is 11.9 Å². The number of aromatic amines is 1. The zero-order chi connectivity index (χ0) is 22.3. The molecule has 1 amide bonds. The van der Waals surface area contributed by atoms with Crippen molar-refractivity contribution in [2.24, 2.45) is 10.8 Å². The Hall–Kier alpha value is -4.12. The average molecular weight is 412 g/mol. The molecule has 156 valence electrons. The van der Waals surface area contributed by atoms with E-state index in [4.69, 9.17) is 15.9 Å². The summed E-state index contributed by atoms with van der Waals surface area (Å²) in [6.07, 6.45) is 7.60. The molecule has 11 heteroatoms. The predicted octanol–water partition coefficient (Wildman–Crippen LogP) is 0.510. The largest absolute Gasteiger partial charge is 0.478 e. The van der Waals surface area contributed by atoms with Crippen LogP contribution in [0.2, 0.25) is 0 Å². The van der Waals surface area contributed by atoms with Crippen molar-refractivity contribution in [2.45, 2.75) is 20.4 Å². The first-order valence-electron chi connectivity index (χ1n) is 8.63. The summed E-state index contributed by atoms with van der Waals surface area (Å²) in [7, 11) is 0. The van der Waals surface area contributed by atoms with Gasteiger partial charge < -0.3 is 20.9 Å². The highest BCUT2D eigenvalue weighted by atomic mass is 16.4. The molecule has 11 nitrogen and oxygen atoms in total. The molecule has 0 unspecified atom stereocenters. The highest BCUT2D eigenvalue weighted by Gasteiger charge is 2.25. The van der Waals surface area contributed by atoms with Gasteiger partial charge in [-0.1, -0.05) is 0 Å². The molecule has 0 radical (unpaired) electrons. The minimum Gasteiger partial charge on any atom is -0.478 e. The van der Waals surface area contributed by atoms with E-state index in [0.717, 1.165) is 22.5 Å². The highest BCUT2D eigenvalue weighted by molar-refractivity contribution is 6.32. The molecule has 1 aliphatic heterocycles. The van der Waals surface area contributed by atoms with Crippen molar-refractivity contribution >= 4 is 29.6 Å². The number of hydrogen-bond donors (Lipinski definition) is 5. The Labute approximate surface area is 171 Å². The number of H-pyrrole nitrogens is 1. The summed E-state index contributed by atoms with van der Waals surface area (Å²) in [6.45, 7) is 4.39. The number of hydrazone groups is 1. The molecule has 6 N–H and O–H groups in total. The van der Waals surface area contributed by atoms with Gasteiger partial charge in [0.1, 0.15) is 11.4 Å². The Bertz CT molecular complexity index is 1040. The molecule has 0 atom stereocenters. The van der Waals surface area contributed by atoms with Gasteiger partial charge in [-0.3, -0.25) is 14.8 Å². The normalized spacial score (nSPS) is 14.3. The maximum absolute atomic E-state index is 12.1. The van der Waals surface area contributed by atoms with Crippen LogP contribution in [0, 0.1) is 13.8 Å². The van der Waals surface area contributed by atoms with Crippen molar-refractivity contribution < 1.29 is 24.6 Å². The SMILES string of the molecule is Cc1[nH]c(/C=C2/C(=O)NN=C2c2cnccn2)c(C)c1CN.O=C(O)/C=C\C(=O)O. The van der Waals surface area contributed by atoms with Crippen molar-refractivity contribution in [1.29, 1.82) is 0 Å². The summed E-state index contributed by atoms with van der Waals surface area (Å²) in [6, 6.07) is 0. The molecule has 30 heavy (non-hydrogen) atoms. The molecule has 0 fully saturated rings. The third-order valence-corrected chi connectivity index (χ3v) is 4.07. The second-order valence-corrected chi connectivity index (χ2v) is 6.03. The third-order valence-electron chi connectivity index (χ3n) is 4.07. The minimum absolute atomic E-state index is 0.262. The van der Waals surface area contributed by atoms with Crippen LogP contribution < -0.4 is 11.2 Å². The van der Waals surface area contributed by atoms with Crippen LogP contribution in [-0.2, 0) is 20.9 Å². The van der Waals surface area contributed by atoms with Gasteiger partial charge in [-0.05, 0) is 31.1 Å². The molecule has 0 aromatic carbocycles. The molecule has 0 spiro atoms. The van der Waals surface area contributed by atoms with Crippen LogP contribution in [0.15, 0.2) is 41.4 Å². The number of amides is 1. The van der Waals surface area contributed by atoms with E-state index in [2.05, 4.69) is 25.5 Å². The number of carboxylic acid groups (broad SMARTS) is 2. The van der Waals surface area contributed by atoms with Gasteiger partial charge in [0.2, 0.25) is 0 Å². The first-order valence-corrected chi connectivity index (χ1v) is 8.63. The highest BCUT2D eigenvalue weighted by Crippen LogP contribution is 2.22. The summed E-state index contributed by atoms with van der Waals surface area (Å²) in [5.74, 6) is -2.78. The molecule has 0 saturated carbocycles. The molecule has 2 aromatic heterocycles. The number of carbonyl (C=O) groups excluding carboxylic acids is 1. The van der Waals surface area contributed by atoms with Crippen LogP contribution >= 0.6 is 0 Å². The zero-order valence-corrected chi connectivity index (χ0v) is 16.2. The Morgan fingerprint density at radius 3 is 2.33 bits per heavy atom. The number of aliphatic carboxylic acids is 2. The van der Waals surface area contributed by atoms with E-state index in [0.29, 0.717) is 35.7 Å². The van der Waals surface area contributed by atoms with E-state index in [1.54, 1.807) is 24.7 Å². The number of aryl methyl sites for hydroxylation is 1. The number of nitrogens with two attached hydrogens (primary N) is 1. The van der Waals surface area contributed by atoms with E-state index in [9.17, 15) is 14.4 Å². The van der Waals surface area contributed by atoms with Crippen LogP contribution in [0.25, 0.3) is 6.08 Å². The number of hydrogen-bond acceptors (Lipinski definition) is 7. The minimum atomic E-state index is -1.26. The number of nitrogens with one attached hydrogen (secondary N) is 2. The third kappa shape index (κ3) is 5.45. The fourth-order valence-electron chi connectivity index (χ4n) is 2.64. The maximum atomic E-state index is 12.1. The smallest absolute Gasteiger partial charge is 0.328 e. The topological polar surface area (TPSA) is 184 Å². The number of aromatic nitrogens is 3. The second kappa shape index (κ2) is 9.89. The monoisotopic (exact) mass is 412 g/mol. The van der Waals surface area contributed by atoms with E-state index >= 15 is 0 Å². The standard InChI is InChI=1S/C15H16N6O.C4H4O4/c1-8-11(6-16)9(2)19-12(8)5-10-14(20-21-15(10)22)13-7-17-3-4-18-13;5-3(6)1-2-4(7)8/h3-5,7,19H,6,16H2,1-2H3,(H,21,22);1-2H,(H,5,6)(H,7,8)/b10-5+;2-1-. The Morgan fingerprint density at radius 1 is 1.17 bits per heavy atom. The van der Waals surface area contributed by atoms with Crippen molar-refractivity contribution in [3.05, 3.63) is 64.5 Å². The number of carboxylic acids is 2. The Balaban J connectivity index is 0.000000343. The lowest BCUT2D eigenvalue weighted by Gasteiger charge is -2.01. The van der Waals surface area contributed by atoms with Crippen LogP contribution in [-0.4, -0.2) is 48.7 Å². The quantitative estimate of drug-likeness (QED) is 0.440. The lowest BCUT2D eigenvalue weighted by molar-refractivity contribution is -0.134. The molecule has 0 aliphatic carbocycles. The van der Waals surface area contributed by atoms with Crippen LogP contribution in [0.5, 0.6) is 0 Å². The summed E-state index contributed by atoms with van der Waals surface area (Å²) < 4.78 is 0. The summed E-state index contributed by atoms with van der Waals surface area (Å²) in [5, 5.41) is 19.7. The van der Waals surface area contributed by atoms with Crippen molar-refractivity contribution in [3.8, 4) is 0 Å². The van der Waals surface area contributed by atoms with Crippen molar-refractivity contribution in [1.82, 2.24) is 20.4 Å². The molecule has 0 bridgehead atoms. The first-order chi connectivity index (χ1) is 14.2. The Morgan fingerprint density at radius 2 is 1.83 bits per heavy atom. The fourth-order valence-corrected chi connectivity index (χ4v) is 2.64. The van der Waals surface area contributed by atoms with Crippen LogP contribution in [0.3, 0.4) is 0 Å². The molecule has 2 aromatic rings. The number of carbonyl (C=O) groups is 3. The average Bonchev–Trinajstić information content (AvgIpc) is 3.20. The van der Waals surface area contributed by atoms with Gasteiger partial charge in [-0.25, -0.2) is 15.0 Å². The van der Waals surface area contributed by atoms with Crippen molar-refractivity contribution in [2.75, 3.05) is 0 Å². The zero-order valence-electron chi connectivity index (χ0n) is 16.2. The lowest BCUT2D eigenvalue weighted by Crippen LogP contribution is -2.14. The van der Waals surface area contributed by atoms with Gasteiger partial charge in [0.25, 0.3) is 5.91 Å². The summed E-state index contributed by atoms with van der Waals surface area (Å²) in [4.78, 5) is 42.6. The van der Waals surface area contributed by atoms with Crippen LogP contribution in [0.4, 0.5) is 0 Å². The van der Waals surface area contributed by atoms with Gasteiger partial charge >= 0.3 is 11.9 Å². The summed E-state index contributed by atoms with van der Waals surface area (Å²) >= 11 is 0. The van der Waals surface area contributed by atoms with Gasteiger partial charge in [0.15, 0.2) is 0 Å². The first kappa shape index (κ1) is 22.2. The maximum Gasteiger partial charge on any atom is 0.328 e. The molecule has 3 rings (SSSR count). The van der Waals surface area contributed by atoms with E-state index in [1.807, 2.05) is 13.8 Å². The van der Waals surface area contributed by atoms with Gasteiger partial charge in [0.05, 0.1) is 11.8 Å². The van der Waals surface area contributed by atoms with Crippen molar-refractivity contribution in [3.63, 3.8) is 0 Å². The predicted molar refractivity (Wildman–Crippen MR) is 107 cm³/mol. The Kier molecular flexibility index (Phi) is 7.31. The van der Waals surface area contributed by atoms with Crippen LogP contribution in [0.1, 0.15) is 28.2 Å². The van der Waals surface area contributed by atoms with Gasteiger partial charge in [-0.2, -0.15) is 5.10 Å². The number of rotatable bonds is 5. The second-order valence-electron chi connectivity index (χ2n) is 6.03. The molecular formula is C19H20N6O5. The molecule has 1 aliphatic rings.